The average molecular weight is 221 g/mol. The van der Waals surface area contributed by atoms with Crippen molar-refractivity contribution in [3.05, 3.63) is 35.6 Å². The van der Waals surface area contributed by atoms with Crippen LogP contribution in [-0.2, 0) is 0 Å². The van der Waals surface area contributed by atoms with Gasteiger partial charge in [-0.05, 0) is 24.3 Å². The van der Waals surface area contributed by atoms with Gasteiger partial charge in [-0.15, -0.1) is 11.3 Å². The zero-order valence-corrected chi connectivity index (χ0v) is 8.64. The Balaban J connectivity index is 2.58. The molecule has 0 amide bonds. The lowest BCUT2D eigenvalue weighted by Crippen LogP contribution is -1.76. The van der Waals surface area contributed by atoms with E-state index in [0.717, 1.165) is 20.4 Å². The Morgan fingerprint density at radius 2 is 1.93 bits per heavy atom. The van der Waals surface area contributed by atoms with Crippen LogP contribution in [-0.4, -0.2) is 9.97 Å². The first kappa shape index (κ1) is 8.15. The molecule has 0 radical (unpaired) electrons. The van der Waals surface area contributed by atoms with Crippen LogP contribution >= 0.6 is 22.9 Å². The van der Waals surface area contributed by atoms with Crippen molar-refractivity contribution in [1.29, 1.82) is 0 Å². The average Bonchev–Trinajstić information content (AvgIpc) is 2.56. The van der Waals surface area contributed by atoms with Crippen LogP contribution in [0.1, 0.15) is 0 Å². The fraction of sp³-hybridized carbons (Fsp3) is 0. The normalized spacial score (nSPS) is 11.2. The van der Waals surface area contributed by atoms with E-state index in [-0.39, 0.29) is 0 Å². The maximum absolute atomic E-state index is 5.84. The molecule has 0 spiro atoms. The van der Waals surface area contributed by atoms with Crippen molar-refractivity contribution < 1.29 is 0 Å². The molecular formula is C10H5ClN2S. The van der Waals surface area contributed by atoms with Crippen LogP contribution in [0.3, 0.4) is 0 Å². The minimum Gasteiger partial charge on any atom is -0.253 e. The minimum absolute atomic E-state index is 0.517. The number of nitrogens with zero attached hydrogens (tertiary/aromatic N) is 2. The van der Waals surface area contributed by atoms with Gasteiger partial charge < -0.3 is 0 Å². The monoisotopic (exact) mass is 220 g/mol. The number of aromatic nitrogens is 2. The van der Waals surface area contributed by atoms with Gasteiger partial charge in [0.2, 0.25) is 0 Å². The zero-order chi connectivity index (χ0) is 9.54. The number of thiophene rings is 1. The molecule has 68 valence electrons. The summed E-state index contributed by atoms with van der Waals surface area (Å²) < 4.78 is 2.28. The van der Waals surface area contributed by atoms with Crippen molar-refractivity contribution in [3.8, 4) is 0 Å². The molecule has 0 fully saturated rings. The standard InChI is InChI=1S/C10H5ClN2S/c11-8-4-3-7-10(13-8)9-6(14-7)2-1-5-12-9/h1-5H. The van der Waals surface area contributed by atoms with Gasteiger partial charge in [-0.25, -0.2) is 4.98 Å². The predicted octanol–water partition coefficient (Wildman–Crippen LogP) is 3.50. The SMILES string of the molecule is Clc1ccc2sc3cccnc3c2n1. The molecule has 0 aliphatic rings. The molecule has 0 aliphatic carbocycles. The molecule has 3 heterocycles. The third kappa shape index (κ3) is 1.10. The highest BCUT2D eigenvalue weighted by Gasteiger charge is 2.06. The van der Waals surface area contributed by atoms with Gasteiger partial charge in [0, 0.05) is 6.20 Å². The van der Waals surface area contributed by atoms with E-state index in [9.17, 15) is 0 Å². The maximum Gasteiger partial charge on any atom is 0.129 e. The zero-order valence-electron chi connectivity index (χ0n) is 7.07. The summed E-state index contributed by atoms with van der Waals surface area (Å²) in [7, 11) is 0. The molecule has 14 heavy (non-hydrogen) atoms. The molecule has 0 unspecified atom stereocenters. The molecule has 4 heteroatoms. The lowest BCUT2D eigenvalue weighted by Gasteiger charge is -1.90. The van der Waals surface area contributed by atoms with Crippen LogP contribution in [0.2, 0.25) is 5.15 Å². The number of pyridine rings is 2. The quantitative estimate of drug-likeness (QED) is 0.542. The molecule has 0 aromatic carbocycles. The highest BCUT2D eigenvalue weighted by atomic mass is 35.5. The van der Waals surface area contributed by atoms with Gasteiger partial charge in [0.1, 0.15) is 16.2 Å². The van der Waals surface area contributed by atoms with Crippen molar-refractivity contribution >= 4 is 43.4 Å². The number of rotatable bonds is 0. The van der Waals surface area contributed by atoms with E-state index in [1.165, 1.54) is 0 Å². The van der Waals surface area contributed by atoms with Crippen molar-refractivity contribution in [3.63, 3.8) is 0 Å². The molecule has 3 aromatic heterocycles. The Hall–Kier alpha value is -1.19. The van der Waals surface area contributed by atoms with Gasteiger partial charge in [0.25, 0.3) is 0 Å². The van der Waals surface area contributed by atoms with Crippen LogP contribution in [0.15, 0.2) is 30.5 Å². The summed E-state index contributed by atoms with van der Waals surface area (Å²) in [6.45, 7) is 0. The highest BCUT2D eigenvalue weighted by molar-refractivity contribution is 7.25. The van der Waals surface area contributed by atoms with Gasteiger partial charge in [-0.3, -0.25) is 4.98 Å². The molecule has 0 saturated heterocycles. The summed E-state index contributed by atoms with van der Waals surface area (Å²) >= 11 is 7.53. The minimum atomic E-state index is 0.517. The summed E-state index contributed by atoms with van der Waals surface area (Å²) in [6, 6.07) is 7.76. The van der Waals surface area contributed by atoms with Gasteiger partial charge in [0.15, 0.2) is 0 Å². The van der Waals surface area contributed by atoms with Crippen molar-refractivity contribution in [2.75, 3.05) is 0 Å². The van der Waals surface area contributed by atoms with Gasteiger partial charge in [-0.1, -0.05) is 11.6 Å². The van der Waals surface area contributed by atoms with E-state index in [0.29, 0.717) is 5.15 Å². The van der Waals surface area contributed by atoms with Crippen LogP contribution in [0.25, 0.3) is 20.4 Å². The third-order valence-electron chi connectivity index (χ3n) is 2.04. The van der Waals surface area contributed by atoms with Crippen molar-refractivity contribution in [1.82, 2.24) is 9.97 Å². The Kier molecular flexibility index (Phi) is 1.69. The molecule has 0 N–H and O–H groups in total. The number of fused-ring (bicyclic) bond motifs is 3. The fourth-order valence-electron chi connectivity index (χ4n) is 1.44. The highest BCUT2D eigenvalue weighted by Crippen LogP contribution is 2.31. The van der Waals surface area contributed by atoms with Gasteiger partial charge in [-0.2, -0.15) is 0 Å². The smallest absolute Gasteiger partial charge is 0.129 e. The van der Waals surface area contributed by atoms with Gasteiger partial charge in [0.05, 0.1) is 9.40 Å². The topological polar surface area (TPSA) is 25.8 Å². The summed E-state index contributed by atoms with van der Waals surface area (Å²) in [6.07, 6.45) is 1.77. The largest absolute Gasteiger partial charge is 0.253 e. The second-order valence-electron chi connectivity index (χ2n) is 2.93. The number of halogens is 1. The number of hydrogen-bond donors (Lipinski definition) is 0. The first-order chi connectivity index (χ1) is 6.84. The van der Waals surface area contributed by atoms with Gasteiger partial charge >= 0.3 is 0 Å². The van der Waals surface area contributed by atoms with Crippen LogP contribution in [0.5, 0.6) is 0 Å². The molecular weight excluding hydrogens is 216 g/mol. The fourth-order valence-corrected chi connectivity index (χ4v) is 2.60. The molecule has 0 bridgehead atoms. The second-order valence-corrected chi connectivity index (χ2v) is 4.40. The van der Waals surface area contributed by atoms with E-state index in [1.54, 1.807) is 23.6 Å². The Labute approximate surface area is 89.2 Å². The first-order valence-electron chi connectivity index (χ1n) is 4.14. The van der Waals surface area contributed by atoms with Crippen LogP contribution < -0.4 is 0 Å². The lowest BCUT2D eigenvalue weighted by molar-refractivity contribution is 1.39. The molecule has 2 nitrogen and oxygen atoms in total. The summed E-state index contributed by atoms with van der Waals surface area (Å²) in [5, 5.41) is 0.517. The molecule has 0 saturated carbocycles. The molecule has 3 rings (SSSR count). The maximum atomic E-state index is 5.84. The Morgan fingerprint density at radius 1 is 1.07 bits per heavy atom. The molecule has 0 aliphatic heterocycles. The first-order valence-corrected chi connectivity index (χ1v) is 5.34. The van der Waals surface area contributed by atoms with Crippen LogP contribution in [0.4, 0.5) is 0 Å². The summed E-state index contributed by atoms with van der Waals surface area (Å²) in [5.41, 5.74) is 1.84. The van der Waals surface area contributed by atoms with E-state index in [2.05, 4.69) is 9.97 Å². The molecule has 0 atom stereocenters. The second kappa shape index (κ2) is 2.90. The summed E-state index contributed by atoms with van der Waals surface area (Å²) in [5.74, 6) is 0. The molecule has 3 aromatic rings. The van der Waals surface area contributed by atoms with E-state index in [4.69, 9.17) is 11.6 Å². The van der Waals surface area contributed by atoms with Crippen molar-refractivity contribution in [2.24, 2.45) is 0 Å². The van der Waals surface area contributed by atoms with Crippen molar-refractivity contribution in [2.45, 2.75) is 0 Å². The van der Waals surface area contributed by atoms with E-state index >= 15 is 0 Å². The lowest BCUT2D eigenvalue weighted by atomic mass is 10.3. The third-order valence-corrected chi connectivity index (χ3v) is 3.35. The number of hydrogen-bond acceptors (Lipinski definition) is 3. The Bertz CT molecular complexity index is 618. The summed E-state index contributed by atoms with van der Waals surface area (Å²) in [4.78, 5) is 8.58. The Morgan fingerprint density at radius 3 is 2.86 bits per heavy atom. The van der Waals surface area contributed by atoms with Crippen LogP contribution in [0, 0.1) is 0 Å². The predicted molar refractivity (Wildman–Crippen MR) is 59.9 cm³/mol. The van der Waals surface area contributed by atoms with E-state index < -0.39 is 0 Å². The van der Waals surface area contributed by atoms with E-state index in [1.807, 2.05) is 18.2 Å².